The Bertz CT molecular complexity index is 658. The van der Waals surface area contributed by atoms with Gasteiger partial charge in [0.25, 0.3) is 0 Å². The van der Waals surface area contributed by atoms with E-state index in [4.69, 9.17) is 16.3 Å². The first-order valence-electron chi connectivity index (χ1n) is 5.83. The van der Waals surface area contributed by atoms with E-state index in [0.717, 1.165) is 5.56 Å². The maximum Gasteiger partial charge on any atom is 0.311 e. The van der Waals surface area contributed by atoms with Crippen molar-refractivity contribution in [1.82, 2.24) is 0 Å². The number of nitrogens with zero attached hydrogens (tertiary/aromatic N) is 1. The summed E-state index contributed by atoms with van der Waals surface area (Å²) >= 11 is 5.88. The first-order chi connectivity index (χ1) is 9.51. The highest BCUT2D eigenvalue weighted by atomic mass is 35.5. The number of ether oxygens (including phenoxy) is 1. The lowest BCUT2D eigenvalue weighted by molar-refractivity contribution is -0.385. The fraction of sp³-hybridized carbons (Fsp3) is 0.143. The Hall–Kier alpha value is -2.11. The number of hydrogen-bond donors (Lipinski definition) is 1. The zero-order chi connectivity index (χ0) is 14.7. The minimum atomic E-state index is -0.516. The summed E-state index contributed by atoms with van der Waals surface area (Å²) < 4.78 is 5.57. The number of benzene rings is 2. The van der Waals surface area contributed by atoms with Crippen molar-refractivity contribution in [2.24, 2.45) is 0 Å². The van der Waals surface area contributed by atoms with E-state index < -0.39 is 4.92 Å². The van der Waals surface area contributed by atoms with Crippen LogP contribution >= 0.6 is 11.6 Å². The van der Waals surface area contributed by atoms with Crippen LogP contribution in [-0.2, 0) is 6.61 Å². The largest absolute Gasteiger partial charge is 0.450 e. The van der Waals surface area contributed by atoms with Crippen molar-refractivity contribution in [2.75, 3.05) is 0 Å². The van der Waals surface area contributed by atoms with Crippen LogP contribution in [0.5, 0.6) is 11.5 Å². The van der Waals surface area contributed by atoms with Crippen LogP contribution in [0.3, 0.4) is 0 Å². The molecule has 0 saturated heterocycles. The van der Waals surface area contributed by atoms with E-state index >= 15 is 0 Å². The van der Waals surface area contributed by atoms with E-state index in [1.807, 2.05) is 6.92 Å². The Balaban J connectivity index is 2.46. The zero-order valence-electron chi connectivity index (χ0n) is 10.7. The number of nitro benzene ring substituents is 1. The van der Waals surface area contributed by atoms with E-state index in [-0.39, 0.29) is 18.0 Å². The first kappa shape index (κ1) is 14.3. The smallest absolute Gasteiger partial charge is 0.311 e. The van der Waals surface area contributed by atoms with Gasteiger partial charge in [0.15, 0.2) is 0 Å². The van der Waals surface area contributed by atoms with Gasteiger partial charge in [0, 0.05) is 16.7 Å². The molecule has 0 aromatic heterocycles. The van der Waals surface area contributed by atoms with Crippen LogP contribution in [0.15, 0.2) is 36.4 Å². The van der Waals surface area contributed by atoms with Gasteiger partial charge in [0.05, 0.1) is 11.5 Å². The first-order valence-corrected chi connectivity index (χ1v) is 6.21. The molecular weight excluding hydrogens is 282 g/mol. The number of halogens is 1. The van der Waals surface area contributed by atoms with Crippen molar-refractivity contribution in [1.29, 1.82) is 0 Å². The lowest BCUT2D eigenvalue weighted by Gasteiger charge is -2.11. The minimum Gasteiger partial charge on any atom is -0.450 e. The van der Waals surface area contributed by atoms with Gasteiger partial charge in [-0.05, 0) is 30.7 Å². The number of aliphatic hydroxyl groups is 1. The van der Waals surface area contributed by atoms with Crippen molar-refractivity contribution in [3.63, 3.8) is 0 Å². The van der Waals surface area contributed by atoms with Crippen LogP contribution in [-0.4, -0.2) is 10.0 Å². The van der Waals surface area contributed by atoms with E-state index in [1.54, 1.807) is 24.3 Å². The van der Waals surface area contributed by atoms with Crippen molar-refractivity contribution in [2.45, 2.75) is 13.5 Å². The van der Waals surface area contributed by atoms with Gasteiger partial charge in [-0.2, -0.15) is 0 Å². The fourth-order valence-electron chi connectivity index (χ4n) is 1.73. The lowest BCUT2D eigenvalue weighted by atomic mass is 10.2. The van der Waals surface area contributed by atoms with Gasteiger partial charge in [-0.15, -0.1) is 0 Å². The molecule has 0 aliphatic carbocycles. The molecule has 0 bridgehead atoms. The molecule has 0 fully saturated rings. The van der Waals surface area contributed by atoms with Gasteiger partial charge in [0.1, 0.15) is 5.75 Å². The number of aliphatic hydroxyl groups excluding tert-OH is 1. The molecule has 0 spiro atoms. The molecule has 104 valence electrons. The molecular formula is C14H12ClNO4. The maximum atomic E-state index is 11.0. The molecule has 6 heteroatoms. The van der Waals surface area contributed by atoms with Crippen molar-refractivity contribution in [3.05, 3.63) is 62.7 Å². The zero-order valence-corrected chi connectivity index (χ0v) is 11.4. The van der Waals surface area contributed by atoms with Crippen LogP contribution < -0.4 is 4.74 Å². The molecule has 0 radical (unpaired) electrons. The van der Waals surface area contributed by atoms with Gasteiger partial charge in [-0.1, -0.05) is 23.7 Å². The summed E-state index contributed by atoms with van der Waals surface area (Å²) in [5.41, 5.74) is 1.20. The topological polar surface area (TPSA) is 72.6 Å². The van der Waals surface area contributed by atoms with Crippen LogP contribution in [0, 0.1) is 17.0 Å². The number of hydrogen-bond acceptors (Lipinski definition) is 4. The van der Waals surface area contributed by atoms with Crippen molar-refractivity contribution < 1.29 is 14.8 Å². The Labute approximate surface area is 120 Å². The SMILES string of the molecule is Cc1ccc([N+](=O)[O-])c(Oc2cc(Cl)ccc2CO)c1. The van der Waals surface area contributed by atoms with E-state index in [0.29, 0.717) is 16.3 Å². The second-order valence-corrected chi connectivity index (χ2v) is 4.68. The van der Waals surface area contributed by atoms with Crippen LogP contribution in [0.25, 0.3) is 0 Å². The fourth-order valence-corrected chi connectivity index (χ4v) is 1.89. The molecule has 0 unspecified atom stereocenters. The third-order valence-corrected chi connectivity index (χ3v) is 2.97. The van der Waals surface area contributed by atoms with Gasteiger partial charge < -0.3 is 9.84 Å². The highest BCUT2D eigenvalue weighted by Crippen LogP contribution is 2.34. The standard InChI is InChI=1S/C14H12ClNO4/c1-9-2-5-12(16(18)19)14(6-9)20-13-7-11(15)4-3-10(13)8-17/h2-7,17H,8H2,1H3. The molecule has 2 aromatic carbocycles. The van der Waals surface area contributed by atoms with Gasteiger partial charge >= 0.3 is 5.69 Å². The second kappa shape index (κ2) is 5.90. The van der Waals surface area contributed by atoms with Gasteiger partial charge in [-0.3, -0.25) is 10.1 Å². The van der Waals surface area contributed by atoms with E-state index in [2.05, 4.69) is 0 Å². The predicted molar refractivity (Wildman–Crippen MR) is 75.3 cm³/mol. The normalized spacial score (nSPS) is 10.3. The molecule has 0 heterocycles. The molecule has 0 aliphatic rings. The maximum absolute atomic E-state index is 11.0. The molecule has 1 N–H and O–H groups in total. The molecule has 2 aromatic rings. The highest BCUT2D eigenvalue weighted by molar-refractivity contribution is 6.30. The molecule has 5 nitrogen and oxygen atoms in total. The summed E-state index contributed by atoms with van der Waals surface area (Å²) in [5, 5.41) is 20.7. The van der Waals surface area contributed by atoms with Crippen molar-refractivity contribution in [3.8, 4) is 11.5 Å². The Morgan fingerprint density at radius 1 is 1.25 bits per heavy atom. The highest BCUT2D eigenvalue weighted by Gasteiger charge is 2.17. The second-order valence-electron chi connectivity index (χ2n) is 4.24. The summed E-state index contributed by atoms with van der Waals surface area (Å²) in [7, 11) is 0. The lowest BCUT2D eigenvalue weighted by Crippen LogP contribution is -1.96. The van der Waals surface area contributed by atoms with Crippen LogP contribution in [0.1, 0.15) is 11.1 Å². The van der Waals surface area contributed by atoms with Gasteiger partial charge in [0.2, 0.25) is 5.75 Å². The summed E-state index contributed by atoms with van der Waals surface area (Å²) in [4.78, 5) is 10.5. The molecule has 0 aliphatic heterocycles. The molecule has 0 saturated carbocycles. The van der Waals surface area contributed by atoms with E-state index in [1.165, 1.54) is 12.1 Å². The third-order valence-electron chi connectivity index (χ3n) is 2.73. The average Bonchev–Trinajstić information content (AvgIpc) is 2.38. The average molecular weight is 294 g/mol. The molecule has 0 atom stereocenters. The molecule has 2 rings (SSSR count). The van der Waals surface area contributed by atoms with Crippen LogP contribution in [0.2, 0.25) is 5.02 Å². The quantitative estimate of drug-likeness (QED) is 0.686. The molecule has 20 heavy (non-hydrogen) atoms. The van der Waals surface area contributed by atoms with Crippen molar-refractivity contribution >= 4 is 17.3 Å². The number of aryl methyl sites for hydroxylation is 1. The minimum absolute atomic E-state index is 0.118. The Kier molecular flexibility index (Phi) is 4.22. The number of nitro groups is 1. The van der Waals surface area contributed by atoms with Gasteiger partial charge in [-0.25, -0.2) is 0 Å². The third kappa shape index (κ3) is 3.07. The Morgan fingerprint density at radius 2 is 2.00 bits per heavy atom. The monoisotopic (exact) mass is 293 g/mol. The number of rotatable bonds is 4. The van der Waals surface area contributed by atoms with E-state index in [9.17, 15) is 15.2 Å². The summed E-state index contributed by atoms with van der Waals surface area (Å²) in [5.74, 6) is 0.417. The molecule has 0 amide bonds. The Morgan fingerprint density at radius 3 is 2.65 bits per heavy atom. The summed E-state index contributed by atoms with van der Waals surface area (Å²) in [6, 6.07) is 9.33. The predicted octanol–water partition coefficient (Wildman–Crippen LogP) is 3.84. The summed E-state index contributed by atoms with van der Waals surface area (Å²) in [6.07, 6.45) is 0. The summed E-state index contributed by atoms with van der Waals surface area (Å²) in [6.45, 7) is 1.56. The van der Waals surface area contributed by atoms with Crippen LogP contribution in [0.4, 0.5) is 5.69 Å².